The van der Waals surface area contributed by atoms with Crippen molar-refractivity contribution in [2.24, 2.45) is 5.73 Å². The smallest absolute Gasteiger partial charge is 0.159 e. The average Bonchev–Trinajstić information content (AvgIpc) is 2.34. The average molecular weight is 265 g/mol. The monoisotopic (exact) mass is 265 g/mol. The molecule has 0 fully saturated rings. The first kappa shape index (κ1) is 12.5. The zero-order valence-electron chi connectivity index (χ0n) is 9.15. The van der Waals surface area contributed by atoms with Crippen LogP contribution >= 0.6 is 11.8 Å². The maximum atomic E-state index is 13.1. The Kier molecular flexibility index (Phi) is 3.57. The summed E-state index contributed by atoms with van der Waals surface area (Å²) >= 11 is 1.18. The highest BCUT2D eigenvalue weighted by molar-refractivity contribution is 7.99. The highest BCUT2D eigenvalue weighted by atomic mass is 32.2. The fourth-order valence-electron chi connectivity index (χ4n) is 1.35. The highest BCUT2D eigenvalue weighted by Crippen LogP contribution is 2.30. The minimum Gasteiger partial charge on any atom is -0.384 e. The van der Waals surface area contributed by atoms with Gasteiger partial charge < -0.3 is 5.73 Å². The van der Waals surface area contributed by atoms with E-state index >= 15 is 0 Å². The van der Waals surface area contributed by atoms with Crippen LogP contribution in [0.1, 0.15) is 5.56 Å². The van der Waals surface area contributed by atoms with E-state index in [1.165, 1.54) is 30.2 Å². The lowest BCUT2D eigenvalue weighted by molar-refractivity contribution is 0.506. The molecule has 0 amide bonds. The van der Waals surface area contributed by atoms with Crippen LogP contribution in [0.2, 0.25) is 0 Å². The molecule has 2 aromatic rings. The van der Waals surface area contributed by atoms with Crippen LogP contribution < -0.4 is 5.73 Å². The van der Waals surface area contributed by atoms with Crippen molar-refractivity contribution in [3.05, 3.63) is 53.9 Å². The third-order valence-electron chi connectivity index (χ3n) is 2.19. The molecule has 1 aromatic heterocycles. The van der Waals surface area contributed by atoms with E-state index in [4.69, 9.17) is 11.1 Å². The van der Waals surface area contributed by atoms with Gasteiger partial charge in [-0.25, -0.2) is 8.78 Å². The molecule has 2 rings (SSSR count). The lowest BCUT2D eigenvalue weighted by atomic mass is 10.2. The number of nitrogens with one attached hydrogen (secondary N) is 1. The summed E-state index contributed by atoms with van der Waals surface area (Å²) < 4.78 is 25.9. The van der Waals surface area contributed by atoms with Crippen LogP contribution in [0.3, 0.4) is 0 Å². The van der Waals surface area contributed by atoms with Crippen molar-refractivity contribution >= 4 is 17.6 Å². The maximum absolute atomic E-state index is 13.1. The summed E-state index contributed by atoms with van der Waals surface area (Å²) in [5.41, 5.74) is 5.94. The van der Waals surface area contributed by atoms with Gasteiger partial charge in [-0.2, -0.15) is 0 Å². The van der Waals surface area contributed by atoms with Crippen molar-refractivity contribution in [3.63, 3.8) is 0 Å². The Morgan fingerprint density at radius 3 is 2.67 bits per heavy atom. The molecular formula is C12H9F2N3S. The van der Waals surface area contributed by atoms with Crippen LogP contribution in [0, 0.1) is 17.0 Å². The number of hydrogen-bond donors (Lipinski definition) is 2. The molecule has 0 aliphatic heterocycles. The van der Waals surface area contributed by atoms with Crippen molar-refractivity contribution in [1.29, 1.82) is 5.41 Å². The van der Waals surface area contributed by atoms with Crippen LogP contribution in [-0.4, -0.2) is 10.8 Å². The molecule has 1 aromatic carbocycles. The summed E-state index contributed by atoms with van der Waals surface area (Å²) in [6, 6.07) is 5.21. The van der Waals surface area contributed by atoms with E-state index in [0.717, 1.165) is 12.1 Å². The SMILES string of the molecule is N=C(N)c1ccncc1Sc1ccc(F)c(F)c1. The van der Waals surface area contributed by atoms with Crippen LogP contribution in [0.4, 0.5) is 8.78 Å². The molecule has 0 aliphatic carbocycles. The van der Waals surface area contributed by atoms with Crippen molar-refractivity contribution in [3.8, 4) is 0 Å². The first-order chi connectivity index (χ1) is 8.58. The van der Waals surface area contributed by atoms with Crippen LogP contribution in [-0.2, 0) is 0 Å². The van der Waals surface area contributed by atoms with Gasteiger partial charge in [-0.3, -0.25) is 10.4 Å². The molecule has 0 atom stereocenters. The summed E-state index contributed by atoms with van der Waals surface area (Å²) in [6.07, 6.45) is 3.05. The topological polar surface area (TPSA) is 62.8 Å². The Morgan fingerprint density at radius 1 is 1.22 bits per heavy atom. The number of nitrogen functional groups attached to an aromatic ring is 1. The summed E-state index contributed by atoms with van der Waals surface area (Å²) in [6.45, 7) is 0. The summed E-state index contributed by atoms with van der Waals surface area (Å²) in [4.78, 5) is 5.06. The molecular weight excluding hydrogens is 256 g/mol. The Bertz CT molecular complexity index is 602. The van der Waals surface area contributed by atoms with E-state index in [1.807, 2.05) is 0 Å². The number of amidine groups is 1. The number of hydrogen-bond acceptors (Lipinski definition) is 3. The second-order valence-electron chi connectivity index (χ2n) is 3.46. The Balaban J connectivity index is 2.34. The van der Waals surface area contributed by atoms with Gasteiger partial charge in [0.15, 0.2) is 11.6 Å². The van der Waals surface area contributed by atoms with E-state index in [1.54, 1.807) is 6.07 Å². The Morgan fingerprint density at radius 2 is 2.00 bits per heavy atom. The fourth-order valence-corrected chi connectivity index (χ4v) is 2.31. The second kappa shape index (κ2) is 5.14. The molecule has 0 unspecified atom stereocenters. The third-order valence-corrected chi connectivity index (χ3v) is 3.23. The van der Waals surface area contributed by atoms with Gasteiger partial charge in [-0.1, -0.05) is 11.8 Å². The standard InChI is InChI=1S/C12H9F2N3S/c13-9-2-1-7(5-10(9)14)18-11-6-17-4-3-8(11)12(15)16/h1-6H,(H3,15,16). The van der Waals surface area contributed by atoms with E-state index in [0.29, 0.717) is 15.4 Å². The van der Waals surface area contributed by atoms with Gasteiger partial charge in [0.25, 0.3) is 0 Å². The van der Waals surface area contributed by atoms with Crippen molar-refractivity contribution in [1.82, 2.24) is 4.98 Å². The summed E-state index contributed by atoms with van der Waals surface area (Å²) in [5, 5.41) is 7.42. The van der Waals surface area contributed by atoms with Crippen LogP contribution in [0.15, 0.2) is 46.5 Å². The third kappa shape index (κ3) is 2.65. The number of rotatable bonds is 3. The molecule has 0 radical (unpaired) electrons. The number of benzene rings is 1. The summed E-state index contributed by atoms with van der Waals surface area (Å²) in [5.74, 6) is -1.90. The molecule has 92 valence electrons. The molecule has 0 saturated carbocycles. The molecule has 3 nitrogen and oxygen atoms in total. The number of aromatic nitrogens is 1. The predicted octanol–water partition coefficient (Wildman–Crippen LogP) is 2.80. The van der Waals surface area contributed by atoms with E-state index in [2.05, 4.69) is 4.98 Å². The van der Waals surface area contributed by atoms with Gasteiger partial charge in [0.2, 0.25) is 0 Å². The van der Waals surface area contributed by atoms with Gasteiger partial charge >= 0.3 is 0 Å². The Hall–Kier alpha value is -1.95. The molecule has 6 heteroatoms. The quantitative estimate of drug-likeness (QED) is 0.662. The zero-order chi connectivity index (χ0) is 13.1. The molecule has 0 aliphatic rings. The van der Waals surface area contributed by atoms with Gasteiger partial charge in [0, 0.05) is 27.7 Å². The predicted molar refractivity (Wildman–Crippen MR) is 65.7 cm³/mol. The molecule has 0 bridgehead atoms. The van der Waals surface area contributed by atoms with Gasteiger partial charge in [0.1, 0.15) is 5.84 Å². The van der Waals surface area contributed by atoms with Crippen LogP contribution in [0.25, 0.3) is 0 Å². The lowest BCUT2D eigenvalue weighted by Crippen LogP contribution is -2.12. The molecule has 0 saturated heterocycles. The summed E-state index contributed by atoms with van der Waals surface area (Å²) in [7, 11) is 0. The van der Waals surface area contributed by atoms with Crippen molar-refractivity contribution in [2.75, 3.05) is 0 Å². The number of halogens is 2. The second-order valence-corrected chi connectivity index (χ2v) is 4.58. The van der Waals surface area contributed by atoms with Crippen molar-refractivity contribution < 1.29 is 8.78 Å². The lowest BCUT2D eigenvalue weighted by Gasteiger charge is -2.07. The van der Waals surface area contributed by atoms with Gasteiger partial charge in [-0.15, -0.1) is 0 Å². The first-order valence-corrected chi connectivity index (χ1v) is 5.81. The molecule has 1 heterocycles. The molecule has 0 spiro atoms. The number of pyridine rings is 1. The minimum atomic E-state index is -0.909. The normalized spacial score (nSPS) is 10.3. The highest BCUT2D eigenvalue weighted by Gasteiger charge is 2.09. The van der Waals surface area contributed by atoms with Crippen molar-refractivity contribution in [2.45, 2.75) is 9.79 Å². The van der Waals surface area contributed by atoms with Crippen LogP contribution in [0.5, 0.6) is 0 Å². The van der Waals surface area contributed by atoms with E-state index < -0.39 is 11.6 Å². The van der Waals surface area contributed by atoms with E-state index in [9.17, 15) is 8.78 Å². The van der Waals surface area contributed by atoms with Gasteiger partial charge in [0.05, 0.1) is 0 Å². The first-order valence-electron chi connectivity index (χ1n) is 4.99. The Labute approximate surface area is 107 Å². The zero-order valence-corrected chi connectivity index (χ0v) is 9.97. The fraction of sp³-hybridized carbons (Fsp3) is 0. The maximum Gasteiger partial charge on any atom is 0.159 e. The van der Waals surface area contributed by atoms with Gasteiger partial charge in [-0.05, 0) is 24.3 Å². The minimum absolute atomic E-state index is 0.0949. The number of nitrogens with zero attached hydrogens (tertiary/aromatic N) is 1. The molecule has 18 heavy (non-hydrogen) atoms. The molecule has 3 N–H and O–H groups in total. The largest absolute Gasteiger partial charge is 0.384 e. The number of nitrogens with two attached hydrogens (primary N) is 1. The van der Waals surface area contributed by atoms with E-state index in [-0.39, 0.29) is 5.84 Å².